The highest BCUT2D eigenvalue weighted by Gasteiger charge is 2.11. The molecule has 0 aliphatic rings. The molecule has 26 heavy (non-hydrogen) atoms. The highest BCUT2D eigenvalue weighted by molar-refractivity contribution is 7.11. The van der Waals surface area contributed by atoms with Gasteiger partial charge in [-0.25, -0.2) is 4.98 Å². The molecule has 1 N–H and O–H groups in total. The number of rotatable bonds is 8. The Morgan fingerprint density at radius 2 is 1.96 bits per heavy atom. The van der Waals surface area contributed by atoms with Crippen LogP contribution in [-0.4, -0.2) is 12.1 Å². The van der Waals surface area contributed by atoms with Crippen LogP contribution in [0.5, 0.6) is 11.5 Å². The van der Waals surface area contributed by atoms with E-state index in [4.69, 9.17) is 9.47 Å². The first-order chi connectivity index (χ1) is 12.7. The standard InChI is InChI=1S/C21H24N2O2S/c1-15-12-23-21(26-15)16(2)22-13-18-9-10-19(11-20(18)24-3)25-14-17-7-5-4-6-8-17/h4-12,16,22H,13-14H2,1-3H3. The van der Waals surface area contributed by atoms with E-state index in [1.807, 2.05) is 42.6 Å². The molecule has 0 bridgehead atoms. The smallest absolute Gasteiger partial charge is 0.127 e. The summed E-state index contributed by atoms with van der Waals surface area (Å²) in [5.41, 5.74) is 2.24. The van der Waals surface area contributed by atoms with Gasteiger partial charge >= 0.3 is 0 Å². The van der Waals surface area contributed by atoms with E-state index < -0.39 is 0 Å². The maximum atomic E-state index is 5.88. The Labute approximate surface area is 158 Å². The van der Waals surface area contributed by atoms with E-state index in [0.29, 0.717) is 13.2 Å². The zero-order chi connectivity index (χ0) is 18.4. The summed E-state index contributed by atoms with van der Waals surface area (Å²) in [7, 11) is 1.69. The number of thiazole rings is 1. The number of nitrogens with one attached hydrogen (secondary N) is 1. The summed E-state index contributed by atoms with van der Waals surface area (Å²) in [4.78, 5) is 5.67. The van der Waals surface area contributed by atoms with Crippen molar-refractivity contribution in [3.63, 3.8) is 0 Å². The fourth-order valence-electron chi connectivity index (χ4n) is 2.62. The predicted molar refractivity (Wildman–Crippen MR) is 106 cm³/mol. The maximum Gasteiger partial charge on any atom is 0.127 e. The summed E-state index contributed by atoms with van der Waals surface area (Å²) in [6.07, 6.45) is 1.91. The number of nitrogens with zero attached hydrogens (tertiary/aromatic N) is 1. The molecule has 4 nitrogen and oxygen atoms in total. The van der Waals surface area contributed by atoms with Gasteiger partial charge in [-0.1, -0.05) is 36.4 Å². The van der Waals surface area contributed by atoms with Gasteiger partial charge in [0.1, 0.15) is 23.1 Å². The summed E-state index contributed by atoms with van der Waals surface area (Å²) in [5.74, 6) is 1.63. The molecule has 0 aliphatic heterocycles. The van der Waals surface area contributed by atoms with Crippen molar-refractivity contribution in [2.24, 2.45) is 0 Å². The van der Waals surface area contributed by atoms with Crippen molar-refractivity contribution in [1.82, 2.24) is 10.3 Å². The normalized spacial score (nSPS) is 12.0. The molecular weight excluding hydrogens is 344 g/mol. The van der Waals surface area contributed by atoms with E-state index in [-0.39, 0.29) is 6.04 Å². The van der Waals surface area contributed by atoms with Gasteiger partial charge in [0.05, 0.1) is 13.2 Å². The Bertz CT molecular complexity index is 833. The molecular formula is C21H24N2O2S. The lowest BCUT2D eigenvalue weighted by Gasteiger charge is -2.15. The van der Waals surface area contributed by atoms with Crippen molar-refractivity contribution in [2.45, 2.75) is 33.0 Å². The third-order valence-corrected chi connectivity index (χ3v) is 5.21. The minimum absolute atomic E-state index is 0.201. The molecule has 1 unspecified atom stereocenters. The zero-order valence-electron chi connectivity index (χ0n) is 15.4. The summed E-state index contributed by atoms with van der Waals surface area (Å²) in [5, 5.41) is 4.61. The minimum atomic E-state index is 0.201. The number of methoxy groups -OCH3 is 1. The van der Waals surface area contributed by atoms with Crippen LogP contribution in [0.2, 0.25) is 0 Å². The second-order valence-corrected chi connectivity index (χ2v) is 7.43. The second-order valence-electron chi connectivity index (χ2n) is 6.16. The average molecular weight is 369 g/mol. The Balaban J connectivity index is 1.61. The van der Waals surface area contributed by atoms with Crippen LogP contribution in [0.15, 0.2) is 54.7 Å². The molecule has 0 spiro atoms. The van der Waals surface area contributed by atoms with Crippen molar-refractivity contribution in [2.75, 3.05) is 7.11 Å². The number of hydrogen-bond donors (Lipinski definition) is 1. The molecule has 3 aromatic rings. The minimum Gasteiger partial charge on any atom is -0.496 e. The van der Waals surface area contributed by atoms with Crippen LogP contribution in [0.25, 0.3) is 0 Å². The topological polar surface area (TPSA) is 43.4 Å². The fourth-order valence-corrected chi connectivity index (χ4v) is 3.43. The van der Waals surface area contributed by atoms with Crippen molar-refractivity contribution in [3.05, 3.63) is 75.7 Å². The Morgan fingerprint density at radius 3 is 2.65 bits per heavy atom. The second kappa shape index (κ2) is 8.83. The molecule has 2 aromatic carbocycles. The average Bonchev–Trinajstić information content (AvgIpc) is 3.12. The van der Waals surface area contributed by atoms with E-state index in [2.05, 4.69) is 36.3 Å². The van der Waals surface area contributed by atoms with Crippen LogP contribution in [0.1, 0.15) is 34.0 Å². The van der Waals surface area contributed by atoms with Crippen LogP contribution < -0.4 is 14.8 Å². The van der Waals surface area contributed by atoms with Crippen molar-refractivity contribution in [3.8, 4) is 11.5 Å². The van der Waals surface area contributed by atoms with Gasteiger partial charge in [-0.3, -0.25) is 0 Å². The monoisotopic (exact) mass is 368 g/mol. The van der Waals surface area contributed by atoms with Crippen LogP contribution in [0.3, 0.4) is 0 Å². The Morgan fingerprint density at radius 1 is 1.15 bits per heavy atom. The lowest BCUT2D eigenvalue weighted by Crippen LogP contribution is -2.18. The molecule has 1 atom stereocenters. The van der Waals surface area contributed by atoms with E-state index >= 15 is 0 Å². The van der Waals surface area contributed by atoms with Gasteiger partial charge in [0.25, 0.3) is 0 Å². The molecule has 1 heterocycles. The third kappa shape index (κ3) is 4.84. The van der Waals surface area contributed by atoms with Crippen LogP contribution in [0, 0.1) is 6.92 Å². The summed E-state index contributed by atoms with van der Waals surface area (Å²) in [6.45, 7) is 5.46. The number of ether oxygens (including phenoxy) is 2. The van der Waals surface area contributed by atoms with E-state index in [1.165, 1.54) is 4.88 Å². The molecule has 3 rings (SSSR count). The van der Waals surface area contributed by atoms with Gasteiger partial charge in [0, 0.05) is 29.2 Å². The lowest BCUT2D eigenvalue weighted by molar-refractivity contribution is 0.303. The fraction of sp³-hybridized carbons (Fsp3) is 0.286. The Kier molecular flexibility index (Phi) is 6.26. The van der Waals surface area contributed by atoms with Gasteiger partial charge in [0.2, 0.25) is 0 Å². The van der Waals surface area contributed by atoms with Crippen LogP contribution in [0.4, 0.5) is 0 Å². The Hall–Kier alpha value is -2.37. The van der Waals surface area contributed by atoms with E-state index in [1.54, 1.807) is 18.4 Å². The molecule has 136 valence electrons. The van der Waals surface area contributed by atoms with Gasteiger partial charge < -0.3 is 14.8 Å². The van der Waals surface area contributed by atoms with Crippen LogP contribution >= 0.6 is 11.3 Å². The predicted octanol–water partition coefficient (Wildman–Crippen LogP) is 4.89. The maximum absolute atomic E-state index is 5.88. The molecule has 0 saturated carbocycles. The highest BCUT2D eigenvalue weighted by atomic mass is 32.1. The summed E-state index contributed by atoms with van der Waals surface area (Å²) < 4.78 is 11.4. The molecule has 5 heteroatoms. The highest BCUT2D eigenvalue weighted by Crippen LogP contribution is 2.26. The number of benzene rings is 2. The SMILES string of the molecule is COc1cc(OCc2ccccc2)ccc1CNC(C)c1ncc(C)s1. The van der Waals surface area contributed by atoms with Crippen LogP contribution in [-0.2, 0) is 13.2 Å². The molecule has 0 amide bonds. The zero-order valence-corrected chi connectivity index (χ0v) is 16.2. The van der Waals surface area contributed by atoms with Crippen molar-refractivity contribution in [1.29, 1.82) is 0 Å². The van der Waals surface area contributed by atoms with Gasteiger partial charge in [-0.05, 0) is 25.5 Å². The van der Waals surface area contributed by atoms with Crippen molar-refractivity contribution >= 4 is 11.3 Å². The van der Waals surface area contributed by atoms with Gasteiger partial charge in [-0.15, -0.1) is 11.3 Å². The molecule has 1 aromatic heterocycles. The first kappa shape index (κ1) is 18.4. The lowest BCUT2D eigenvalue weighted by atomic mass is 10.1. The quantitative estimate of drug-likeness (QED) is 0.615. The summed E-state index contributed by atoms with van der Waals surface area (Å²) in [6, 6.07) is 16.3. The van der Waals surface area contributed by atoms with E-state index in [9.17, 15) is 0 Å². The largest absolute Gasteiger partial charge is 0.496 e. The van der Waals surface area contributed by atoms with Crippen molar-refractivity contribution < 1.29 is 9.47 Å². The molecule has 0 radical (unpaired) electrons. The number of aromatic nitrogens is 1. The third-order valence-electron chi connectivity index (χ3n) is 4.12. The van der Waals surface area contributed by atoms with Gasteiger partial charge in [0.15, 0.2) is 0 Å². The molecule has 0 aliphatic carbocycles. The van der Waals surface area contributed by atoms with Gasteiger partial charge in [-0.2, -0.15) is 0 Å². The molecule has 0 saturated heterocycles. The summed E-state index contributed by atoms with van der Waals surface area (Å²) >= 11 is 1.72. The number of hydrogen-bond acceptors (Lipinski definition) is 5. The first-order valence-electron chi connectivity index (χ1n) is 8.65. The first-order valence-corrected chi connectivity index (χ1v) is 9.46. The number of aryl methyl sites for hydroxylation is 1. The molecule has 0 fully saturated rings. The van der Waals surface area contributed by atoms with E-state index in [0.717, 1.165) is 27.6 Å².